The number of unbranched alkanes of at least 4 members (excludes halogenated alkanes) is 29. The van der Waals surface area contributed by atoms with Crippen molar-refractivity contribution in [1.29, 1.82) is 0 Å². The summed E-state index contributed by atoms with van der Waals surface area (Å²) in [6, 6.07) is 0. The summed E-state index contributed by atoms with van der Waals surface area (Å²) in [5.41, 5.74) is 0. The van der Waals surface area contributed by atoms with Gasteiger partial charge in [0.25, 0.3) is 0 Å². The molecule has 0 aromatic heterocycles. The largest absolute Gasteiger partial charge is 0.469 e. The third kappa shape index (κ3) is 35.8. The van der Waals surface area contributed by atoms with Crippen molar-refractivity contribution in [1.82, 2.24) is 0 Å². The number of methoxy groups -OCH3 is 1. The summed E-state index contributed by atoms with van der Waals surface area (Å²) in [6.45, 7) is 7.20. The van der Waals surface area contributed by atoms with Crippen molar-refractivity contribution in [3.63, 3.8) is 0 Å². The van der Waals surface area contributed by atoms with Crippen molar-refractivity contribution in [3.05, 3.63) is 0 Å². The summed E-state index contributed by atoms with van der Waals surface area (Å²) in [6.07, 6.45) is 47.6. The van der Waals surface area contributed by atoms with Crippen LogP contribution < -0.4 is 0 Å². The number of esters is 1. The van der Waals surface area contributed by atoms with Gasteiger partial charge in [-0.25, -0.2) is 0 Å². The maximum atomic E-state index is 11.1. The summed E-state index contributed by atoms with van der Waals surface area (Å²) in [4.78, 5) is 11.1. The quantitative estimate of drug-likeness (QED) is 0.0524. The zero-order valence-corrected chi connectivity index (χ0v) is 30.5. The van der Waals surface area contributed by atoms with Gasteiger partial charge in [-0.3, -0.25) is 4.79 Å². The molecule has 258 valence electrons. The Morgan fingerprint density at radius 3 is 0.930 bits per heavy atom. The molecule has 43 heavy (non-hydrogen) atoms. The Kier molecular flexibility index (Phi) is 35.5. The van der Waals surface area contributed by atoms with Gasteiger partial charge in [0.2, 0.25) is 0 Å². The molecule has 0 heterocycles. The molecular formula is C41H82O2. The predicted octanol–water partition coefficient (Wildman–Crippen LogP) is 14.7. The van der Waals surface area contributed by atoms with Crippen molar-refractivity contribution in [2.75, 3.05) is 7.11 Å². The van der Waals surface area contributed by atoms with Crippen LogP contribution in [0.5, 0.6) is 0 Å². The normalized spacial score (nSPS) is 12.9. The smallest absolute Gasteiger partial charge is 0.305 e. The summed E-state index contributed by atoms with van der Waals surface area (Å²) >= 11 is 0. The molecule has 0 N–H and O–H groups in total. The molecule has 0 radical (unpaired) electrons. The zero-order chi connectivity index (χ0) is 31.5. The zero-order valence-electron chi connectivity index (χ0n) is 30.5. The van der Waals surface area contributed by atoms with Gasteiger partial charge in [-0.05, 0) is 24.7 Å². The number of carbonyl (C=O) groups is 1. The van der Waals surface area contributed by atoms with Crippen LogP contribution in [0.2, 0.25) is 0 Å². The van der Waals surface area contributed by atoms with E-state index >= 15 is 0 Å². The molecule has 0 bridgehead atoms. The van der Waals surface area contributed by atoms with Crippen LogP contribution in [0.4, 0.5) is 0 Å². The first-order valence-corrected chi connectivity index (χ1v) is 20.2. The minimum Gasteiger partial charge on any atom is -0.469 e. The molecule has 0 saturated heterocycles. The van der Waals surface area contributed by atoms with Gasteiger partial charge in [0.15, 0.2) is 0 Å². The second-order valence-electron chi connectivity index (χ2n) is 14.6. The Morgan fingerprint density at radius 2 is 0.674 bits per heavy atom. The van der Waals surface area contributed by atoms with Crippen LogP contribution in [0.3, 0.4) is 0 Å². The van der Waals surface area contributed by atoms with E-state index in [1.54, 1.807) is 0 Å². The fourth-order valence-corrected chi connectivity index (χ4v) is 6.79. The van der Waals surface area contributed by atoms with Gasteiger partial charge >= 0.3 is 5.97 Å². The van der Waals surface area contributed by atoms with Gasteiger partial charge in [0, 0.05) is 6.42 Å². The van der Waals surface area contributed by atoms with Gasteiger partial charge < -0.3 is 4.74 Å². The van der Waals surface area contributed by atoms with Crippen molar-refractivity contribution >= 4 is 5.97 Å². The van der Waals surface area contributed by atoms with E-state index in [1.807, 2.05) is 0 Å². The molecule has 0 aromatic rings. The Bertz CT molecular complexity index is 530. The average Bonchev–Trinajstić information content (AvgIpc) is 3.01. The number of carbonyl (C=O) groups excluding carboxylic acids is 1. The first-order chi connectivity index (χ1) is 21.1. The highest BCUT2D eigenvalue weighted by atomic mass is 16.5. The minimum absolute atomic E-state index is 0.0595. The molecule has 2 nitrogen and oxygen atoms in total. The summed E-state index contributed by atoms with van der Waals surface area (Å²) in [5.74, 6) is 1.80. The SMILES string of the molecule is CCC(C)CC(C)CCCCCCCCCCCCCCCCCCCCCCCCCCCCCCCCC(=O)OC. The van der Waals surface area contributed by atoms with E-state index in [0.29, 0.717) is 6.42 Å². The molecule has 0 saturated carbocycles. The molecule has 0 aliphatic rings. The van der Waals surface area contributed by atoms with E-state index in [1.165, 1.54) is 213 Å². The van der Waals surface area contributed by atoms with E-state index < -0.39 is 0 Å². The average molecular weight is 607 g/mol. The molecule has 0 rings (SSSR count). The van der Waals surface area contributed by atoms with E-state index in [4.69, 9.17) is 0 Å². The molecule has 0 aromatic carbocycles. The van der Waals surface area contributed by atoms with Crippen LogP contribution in [0.15, 0.2) is 0 Å². The van der Waals surface area contributed by atoms with Gasteiger partial charge in [-0.2, -0.15) is 0 Å². The van der Waals surface area contributed by atoms with Crippen molar-refractivity contribution in [3.8, 4) is 0 Å². The highest BCUT2D eigenvalue weighted by molar-refractivity contribution is 5.68. The standard InChI is InChI=1S/C41H82O2/c1-5-39(2)38-40(3)36-34-32-30-28-26-24-22-20-18-16-14-12-10-8-6-7-9-11-13-15-17-19-21-23-25-27-29-31-33-35-37-41(42)43-4/h39-40H,5-38H2,1-4H3. The Labute approximate surface area is 273 Å². The number of rotatable bonds is 36. The molecule has 0 aliphatic heterocycles. The predicted molar refractivity (Wildman–Crippen MR) is 193 cm³/mol. The summed E-state index contributed by atoms with van der Waals surface area (Å²) < 4.78 is 4.69. The van der Waals surface area contributed by atoms with E-state index in [-0.39, 0.29) is 5.97 Å². The third-order valence-electron chi connectivity index (χ3n) is 10.1. The van der Waals surface area contributed by atoms with Crippen LogP contribution in [0.25, 0.3) is 0 Å². The molecule has 2 atom stereocenters. The van der Waals surface area contributed by atoms with Gasteiger partial charge in [0.1, 0.15) is 0 Å². The molecule has 0 amide bonds. The third-order valence-corrected chi connectivity index (χ3v) is 10.1. The van der Waals surface area contributed by atoms with Crippen LogP contribution in [-0.4, -0.2) is 13.1 Å². The van der Waals surface area contributed by atoms with E-state index in [0.717, 1.165) is 18.3 Å². The first-order valence-electron chi connectivity index (χ1n) is 20.2. The molecule has 2 heteroatoms. The highest BCUT2D eigenvalue weighted by Crippen LogP contribution is 2.21. The van der Waals surface area contributed by atoms with E-state index in [2.05, 4.69) is 25.5 Å². The second-order valence-corrected chi connectivity index (χ2v) is 14.6. The fraction of sp³-hybridized carbons (Fsp3) is 0.976. The molecular weight excluding hydrogens is 524 g/mol. The lowest BCUT2D eigenvalue weighted by Crippen LogP contribution is -2.02. The fourth-order valence-electron chi connectivity index (χ4n) is 6.79. The van der Waals surface area contributed by atoms with Gasteiger partial charge in [-0.15, -0.1) is 0 Å². The van der Waals surface area contributed by atoms with Crippen LogP contribution in [-0.2, 0) is 9.53 Å². The molecule has 2 unspecified atom stereocenters. The van der Waals surface area contributed by atoms with Crippen molar-refractivity contribution in [2.45, 2.75) is 239 Å². The number of ether oxygens (including phenoxy) is 1. The monoisotopic (exact) mass is 607 g/mol. The van der Waals surface area contributed by atoms with Gasteiger partial charge in [-0.1, -0.05) is 220 Å². The lowest BCUT2D eigenvalue weighted by atomic mass is 9.91. The first kappa shape index (κ1) is 42.5. The lowest BCUT2D eigenvalue weighted by molar-refractivity contribution is -0.140. The van der Waals surface area contributed by atoms with Gasteiger partial charge in [0.05, 0.1) is 7.11 Å². The summed E-state index contributed by atoms with van der Waals surface area (Å²) in [7, 11) is 1.48. The maximum Gasteiger partial charge on any atom is 0.305 e. The maximum absolute atomic E-state index is 11.1. The van der Waals surface area contributed by atoms with Crippen LogP contribution in [0, 0.1) is 11.8 Å². The molecule has 0 spiro atoms. The summed E-state index contributed by atoms with van der Waals surface area (Å²) in [5, 5.41) is 0. The topological polar surface area (TPSA) is 26.3 Å². The van der Waals surface area contributed by atoms with Crippen molar-refractivity contribution in [2.24, 2.45) is 11.8 Å². The Hall–Kier alpha value is -0.530. The second kappa shape index (κ2) is 35.9. The molecule has 0 fully saturated rings. The number of hydrogen-bond acceptors (Lipinski definition) is 2. The van der Waals surface area contributed by atoms with E-state index in [9.17, 15) is 4.79 Å². The lowest BCUT2D eigenvalue weighted by Gasteiger charge is -2.15. The Balaban J connectivity index is 3.10. The highest BCUT2D eigenvalue weighted by Gasteiger charge is 2.06. The molecule has 0 aliphatic carbocycles. The minimum atomic E-state index is -0.0595. The van der Waals surface area contributed by atoms with Crippen molar-refractivity contribution < 1.29 is 9.53 Å². The van der Waals surface area contributed by atoms with Crippen LogP contribution in [0.1, 0.15) is 239 Å². The number of hydrogen-bond donors (Lipinski definition) is 0. The Morgan fingerprint density at radius 1 is 0.419 bits per heavy atom. The van der Waals surface area contributed by atoms with Crippen LogP contribution >= 0.6 is 0 Å².